The fourth-order valence-corrected chi connectivity index (χ4v) is 2.33. The number of ether oxygens (including phenoxy) is 2. The van der Waals surface area contributed by atoms with E-state index >= 15 is 0 Å². The Morgan fingerprint density at radius 1 is 1.17 bits per heavy atom. The van der Waals surface area contributed by atoms with Crippen molar-refractivity contribution in [3.05, 3.63) is 66.0 Å². The van der Waals surface area contributed by atoms with Gasteiger partial charge in [0.25, 0.3) is 5.91 Å². The van der Waals surface area contributed by atoms with Crippen LogP contribution in [-0.2, 0) is 11.4 Å². The Morgan fingerprint density at radius 3 is 2.70 bits per heavy atom. The summed E-state index contributed by atoms with van der Waals surface area (Å²) in [6.07, 6.45) is 2.50. The van der Waals surface area contributed by atoms with Gasteiger partial charge in [0.05, 0.1) is 19.0 Å². The van der Waals surface area contributed by atoms with Crippen molar-refractivity contribution < 1.29 is 32.3 Å². The lowest BCUT2D eigenvalue weighted by Crippen LogP contribution is -2.24. The second-order valence-electron chi connectivity index (χ2n) is 5.72. The average Bonchev–Trinajstić information content (AvgIpc) is 2.75. The van der Waals surface area contributed by atoms with Crippen LogP contribution in [0.1, 0.15) is 16.1 Å². The van der Waals surface area contributed by atoms with E-state index in [1.807, 2.05) is 0 Å². The highest BCUT2D eigenvalue weighted by Crippen LogP contribution is 2.20. The van der Waals surface area contributed by atoms with Crippen LogP contribution in [0.4, 0.5) is 13.2 Å². The quantitative estimate of drug-likeness (QED) is 0.442. The first-order chi connectivity index (χ1) is 14.5. The molecule has 156 valence electrons. The van der Waals surface area contributed by atoms with Gasteiger partial charge in [-0.2, -0.15) is 13.2 Å². The largest absolute Gasteiger partial charge is 0.495 e. The number of carbonyl (C=O) groups is 1. The molecule has 3 aromatic heterocycles. The van der Waals surface area contributed by atoms with Crippen molar-refractivity contribution in [3.8, 4) is 22.9 Å². The van der Waals surface area contributed by atoms with Crippen molar-refractivity contribution in [3.63, 3.8) is 0 Å². The first-order valence-electron chi connectivity index (χ1n) is 8.45. The van der Waals surface area contributed by atoms with Crippen LogP contribution in [0.5, 0.6) is 11.6 Å². The number of carbonyl (C=O) groups excluding carboxylic acids is 1. The number of rotatable bonds is 8. The lowest BCUT2D eigenvalue weighted by molar-refractivity contribution is -0.0528. The number of methoxy groups -OCH3 is 1. The zero-order chi connectivity index (χ0) is 21.5. The summed E-state index contributed by atoms with van der Waals surface area (Å²) in [5, 5.41) is 0. The Morgan fingerprint density at radius 2 is 2.00 bits per heavy atom. The van der Waals surface area contributed by atoms with E-state index < -0.39 is 18.5 Å². The third-order valence-electron chi connectivity index (χ3n) is 3.74. The van der Waals surface area contributed by atoms with E-state index in [0.717, 1.165) is 0 Å². The van der Waals surface area contributed by atoms with Crippen LogP contribution in [-0.4, -0.2) is 34.6 Å². The molecule has 0 aromatic carbocycles. The summed E-state index contributed by atoms with van der Waals surface area (Å²) in [6.45, 7) is -3.26. The van der Waals surface area contributed by atoms with E-state index in [0.29, 0.717) is 17.0 Å². The molecular formula is C19H15F3N4O4. The van der Waals surface area contributed by atoms with Crippen molar-refractivity contribution in [1.82, 2.24) is 20.4 Å². The zero-order valence-electron chi connectivity index (χ0n) is 15.5. The third kappa shape index (κ3) is 5.41. The van der Waals surface area contributed by atoms with Crippen LogP contribution in [0.2, 0.25) is 0 Å². The Hall–Kier alpha value is -3.73. The molecule has 3 heterocycles. The molecular weight excluding hydrogens is 405 g/mol. The molecule has 11 heteroatoms. The van der Waals surface area contributed by atoms with Crippen LogP contribution < -0.4 is 15.0 Å². The summed E-state index contributed by atoms with van der Waals surface area (Å²) in [5.41, 5.74) is 3.14. The van der Waals surface area contributed by atoms with Gasteiger partial charge in [0, 0.05) is 23.4 Å². The summed E-state index contributed by atoms with van der Waals surface area (Å²) < 4.78 is 47.2. The predicted molar refractivity (Wildman–Crippen MR) is 97.1 cm³/mol. The second kappa shape index (κ2) is 9.65. The molecule has 3 aromatic rings. The topological polar surface area (TPSA) is 95.5 Å². The SMILES string of the molecule is COc1cnc(F)c(CONC(=O)c2cccc(-c3ccc(OC(F)F)nc3)n2)c1. The molecule has 0 unspecified atom stereocenters. The Bertz CT molecular complexity index is 1020. The van der Waals surface area contributed by atoms with Crippen molar-refractivity contribution in [2.75, 3.05) is 7.11 Å². The molecule has 0 fully saturated rings. The van der Waals surface area contributed by atoms with Gasteiger partial charge in [-0.3, -0.25) is 9.63 Å². The first kappa shape index (κ1) is 21.0. The van der Waals surface area contributed by atoms with Gasteiger partial charge in [-0.25, -0.2) is 20.4 Å². The highest BCUT2D eigenvalue weighted by Gasteiger charge is 2.12. The van der Waals surface area contributed by atoms with Crippen LogP contribution in [0.25, 0.3) is 11.3 Å². The predicted octanol–water partition coefficient (Wildman–Crippen LogP) is 3.15. The summed E-state index contributed by atoms with van der Waals surface area (Å²) >= 11 is 0. The van der Waals surface area contributed by atoms with Crippen LogP contribution in [0.3, 0.4) is 0 Å². The third-order valence-corrected chi connectivity index (χ3v) is 3.74. The number of aromatic nitrogens is 3. The summed E-state index contributed by atoms with van der Waals surface area (Å²) in [7, 11) is 1.41. The maximum absolute atomic E-state index is 13.7. The van der Waals surface area contributed by atoms with Gasteiger partial charge in [-0.05, 0) is 24.3 Å². The van der Waals surface area contributed by atoms with Gasteiger partial charge in [-0.15, -0.1) is 0 Å². The molecule has 0 spiro atoms. The lowest BCUT2D eigenvalue weighted by atomic mass is 10.2. The molecule has 3 rings (SSSR count). The van der Waals surface area contributed by atoms with E-state index in [-0.39, 0.29) is 23.7 Å². The molecule has 0 bridgehead atoms. The molecule has 1 N–H and O–H groups in total. The monoisotopic (exact) mass is 420 g/mol. The second-order valence-corrected chi connectivity index (χ2v) is 5.72. The number of nitrogens with zero attached hydrogens (tertiary/aromatic N) is 3. The minimum atomic E-state index is -2.98. The molecule has 0 saturated carbocycles. The van der Waals surface area contributed by atoms with E-state index in [9.17, 15) is 18.0 Å². The van der Waals surface area contributed by atoms with Crippen molar-refractivity contribution in [2.24, 2.45) is 0 Å². The maximum Gasteiger partial charge on any atom is 0.388 e. The molecule has 0 aliphatic heterocycles. The molecule has 0 radical (unpaired) electrons. The average molecular weight is 420 g/mol. The van der Waals surface area contributed by atoms with Crippen molar-refractivity contribution in [2.45, 2.75) is 13.2 Å². The van der Waals surface area contributed by atoms with Crippen molar-refractivity contribution >= 4 is 5.91 Å². The number of nitrogens with one attached hydrogen (secondary N) is 1. The Kier molecular flexibility index (Phi) is 6.75. The normalized spacial score (nSPS) is 10.7. The maximum atomic E-state index is 13.7. The summed E-state index contributed by atoms with van der Waals surface area (Å²) in [6, 6.07) is 8.75. The molecule has 1 amide bonds. The van der Waals surface area contributed by atoms with Gasteiger partial charge >= 0.3 is 6.61 Å². The standard InChI is InChI=1S/C19H15F3N4O4/c1-28-13-7-12(17(20)24-9-13)10-29-26-18(27)15-4-2-3-14(25-15)11-5-6-16(23-8-11)30-19(21)22/h2-9,19H,10H2,1H3,(H,26,27). The number of alkyl halides is 2. The Labute approximate surface area is 168 Å². The summed E-state index contributed by atoms with van der Waals surface area (Å²) in [5.74, 6) is -1.32. The minimum Gasteiger partial charge on any atom is -0.495 e. The summed E-state index contributed by atoms with van der Waals surface area (Å²) in [4.78, 5) is 28.7. The Balaban J connectivity index is 1.63. The first-order valence-corrected chi connectivity index (χ1v) is 8.45. The zero-order valence-corrected chi connectivity index (χ0v) is 15.5. The van der Waals surface area contributed by atoms with Gasteiger partial charge in [0.1, 0.15) is 18.1 Å². The van der Waals surface area contributed by atoms with E-state index in [2.05, 4.69) is 25.2 Å². The highest BCUT2D eigenvalue weighted by atomic mass is 19.3. The molecule has 0 atom stereocenters. The molecule has 0 aliphatic rings. The molecule has 0 aliphatic carbocycles. The van der Waals surface area contributed by atoms with E-state index in [1.165, 1.54) is 43.8 Å². The number of halogens is 3. The van der Waals surface area contributed by atoms with Crippen LogP contribution in [0.15, 0.2) is 48.8 Å². The smallest absolute Gasteiger partial charge is 0.388 e. The van der Waals surface area contributed by atoms with Crippen LogP contribution >= 0.6 is 0 Å². The fraction of sp³-hybridized carbons (Fsp3) is 0.158. The van der Waals surface area contributed by atoms with Gasteiger partial charge < -0.3 is 9.47 Å². The lowest BCUT2D eigenvalue weighted by Gasteiger charge is -2.08. The number of amides is 1. The van der Waals surface area contributed by atoms with E-state index in [1.54, 1.807) is 12.1 Å². The van der Waals surface area contributed by atoms with Gasteiger partial charge in [-0.1, -0.05) is 6.07 Å². The van der Waals surface area contributed by atoms with E-state index in [4.69, 9.17) is 9.57 Å². The van der Waals surface area contributed by atoms with Gasteiger partial charge in [0.2, 0.25) is 11.8 Å². The highest BCUT2D eigenvalue weighted by molar-refractivity contribution is 5.92. The number of hydrogen-bond acceptors (Lipinski definition) is 7. The number of hydroxylamine groups is 1. The number of pyridine rings is 3. The fourth-order valence-electron chi connectivity index (χ4n) is 2.33. The van der Waals surface area contributed by atoms with Crippen LogP contribution in [0, 0.1) is 5.95 Å². The number of hydrogen-bond donors (Lipinski definition) is 1. The van der Waals surface area contributed by atoms with Gasteiger partial charge in [0.15, 0.2) is 0 Å². The van der Waals surface area contributed by atoms with Crippen molar-refractivity contribution in [1.29, 1.82) is 0 Å². The molecule has 8 nitrogen and oxygen atoms in total. The molecule has 30 heavy (non-hydrogen) atoms. The minimum absolute atomic E-state index is 0.0182. The molecule has 0 saturated heterocycles.